The average Bonchev–Trinajstić information content (AvgIpc) is 2.42. The van der Waals surface area contributed by atoms with Crippen LogP contribution in [0.5, 0.6) is 0 Å². The molecular weight excluding hydrogens is 246 g/mol. The molecule has 104 valence electrons. The zero-order chi connectivity index (χ0) is 15.0. The highest BCUT2D eigenvalue weighted by molar-refractivity contribution is 6.03. The molecule has 0 saturated heterocycles. The Bertz CT molecular complexity index is 604. The molecule has 2 rings (SSSR count). The van der Waals surface area contributed by atoms with E-state index in [0.29, 0.717) is 12.0 Å². The van der Waals surface area contributed by atoms with Crippen LogP contribution in [0.1, 0.15) is 50.9 Å². The van der Waals surface area contributed by atoms with Crippen LogP contribution in [0.4, 0.5) is 0 Å². The smallest absolute Gasteiger partial charge is 0.183 e. The molecule has 2 nitrogen and oxygen atoms in total. The number of carbonyl (C=O) groups is 1. The number of nitriles is 1. The maximum atomic E-state index is 13.0. The standard InChI is InChI=1S/C18H21NO/c1-13-10-17(3,4)18(12-19,11-14(13)2)16(20)15-8-6-5-7-9-15/h5-9H,10-11H2,1-4H3. The van der Waals surface area contributed by atoms with Crippen molar-refractivity contribution in [3.8, 4) is 6.07 Å². The number of allylic oxidation sites excluding steroid dienone is 2. The van der Waals surface area contributed by atoms with Crippen LogP contribution in [-0.2, 0) is 0 Å². The van der Waals surface area contributed by atoms with E-state index in [2.05, 4.69) is 13.0 Å². The van der Waals surface area contributed by atoms with Crippen molar-refractivity contribution in [2.24, 2.45) is 10.8 Å². The number of benzene rings is 1. The van der Waals surface area contributed by atoms with Crippen LogP contribution >= 0.6 is 0 Å². The minimum Gasteiger partial charge on any atom is -0.292 e. The fourth-order valence-corrected chi connectivity index (χ4v) is 3.22. The van der Waals surface area contributed by atoms with Crippen molar-refractivity contribution in [3.63, 3.8) is 0 Å². The molecule has 1 aromatic rings. The number of nitrogens with zero attached hydrogens (tertiary/aromatic N) is 1. The highest BCUT2D eigenvalue weighted by atomic mass is 16.1. The molecule has 1 aliphatic rings. The molecule has 0 radical (unpaired) electrons. The first kappa shape index (κ1) is 14.5. The summed E-state index contributed by atoms with van der Waals surface area (Å²) in [6.45, 7) is 8.21. The van der Waals surface area contributed by atoms with Crippen LogP contribution in [0, 0.1) is 22.2 Å². The van der Waals surface area contributed by atoms with Crippen LogP contribution < -0.4 is 0 Å². The van der Waals surface area contributed by atoms with E-state index in [4.69, 9.17) is 0 Å². The monoisotopic (exact) mass is 267 g/mol. The first-order chi connectivity index (χ1) is 9.34. The molecule has 1 atom stereocenters. The van der Waals surface area contributed by atoms with Crippen molar-refractivity contribution in [3.05, 3.63) is 47.0 Å². The summed E-state index contributed by atoms with van der Waals surface area (Å²) in [6.07, 6.45) is 1.33. The van der Waals surface area contributed by atoms with E-state index in [9.17, 15) is 10.1 Å². The van der Waals surface area contributed by atoms with E-state index in [1.54, 1.807) is 12.1 Å². The van der Waals surface area contributed by atoms with Gasteiger partial charge in [0.2, 0.25) is 0 Å². The van der Waals surface area contributed by atoms with Gasteiger partial charge in [-0.15, -0.1) is 0 Å². The summed E-state index contributed by atoms with van der Waals surface area (Å²) >= 11 is 0. The van der Waals surface area contributed by atoms with Crippen molar-refractivity contribution in [1.82, 2.24) is 0 Å². The van der Waals surface area contributed by atoms with Gasteiger partial charge in [0.1, 0.15) is 5.41 Å². The lowest BCUT2D eigenvalue weighted by Crippen LogP contribution is -2.46. The summed E-state index contributed by atoms with van der Waals surface area (Å²) in [4.78, 5) is 13.0. The van der Waals surface area contributed by atoms with Gasteiger partial charge >= 0.3 is 0 Å². The molecule has 1 aromatic carbocycles. The maximum Gasteiger partial charge on any atom is 0.183 e. The van der Waals surface area contributed by atoms with Crippen LogP contribution in [0.3, 0.4) is 0 Å². The van der Waals surface area contributed by atoms with E-state index < -0.39 is 5.41 Å². The molecule has 0 fully saturated rings. The maximum absolute atomic E-state index is 13.0. The highest BCUT2D eigenvalue weighted by Gasteiger charge is 2.53. The Morgan fingerprint density at radius 3 is 2.20 bits per heavy atom. The molecule has 0 heterocycles. The van der Waals surface area contributed by atoms with E-state index >= 15 is 0 Å². The second-order valence-corrected chi connectivity index (χ2v) is 6.51. The van der Waals surface area contributed by atoms with Gasteiger partial charge in [0.15, 0.2) is 5.78 Å². The Hall–Kier alpha value is -1.88. The zero-order valence-electron chi connectivity index (χ0n) is 12.7. The minimum atomic E-state index is -0.960. The number of rotatable bonds is 2. The number of hydrogen-bond donors (Lipinski definition) is 0. The van der Waals surface area contributed by atoms with Gasteiger partial charge in [0.05, 0.1) is 6.07 Å². The van der Waals surface area contributed by atoms with E-state index in [1.165, 1.54) is 11.1 Å². The Morgan fingerprint density at radius 1 is 1.10 bits per heavy atom. The molecule has 1 aliphatic carbocycles. The van der Waals surface area contributed by atoms with Crippen LogP contribution in [0.15, 0.2) is 41.5 Å². The van der Waals surface area contributed by atoms with E-state index in [1.807, 2.05) is 39.0 Å². The summed E-state index contributed by atoms with van der Waals surface area (Å²) in [5, 5.41) is 9.82. The van der Waals surface area contributed by atoms with Crippen molar-refractivity contribution in [2.45, 2.75) is 40.5 Å². The average molecular weight is 267 g/mol. The second kappa shape index (κ2) is 4.90. The Morgan fingerprint density at radius 2 is 1.65 bits per heavy atom. The molecule has 0 aromatic heterocycles. The van der Waals surface area contributed by atoms with Gasteiger partial charge in [-0.2, -0.15) is 5.26 Å². The molecule has 0 N–H and O–H groups in total. The third-order valence-electron chi connectivity index (χ3n) is 4.74. The van der Waals surface area contributed by atoms with E-state index in [0.717, 1.165) is 6.42 Å². The lowest BCUT2D eigenvalue weighted by atomic mass is 9.55. The quantitative estimate of drug-likeness (QED) is 0.583. The summed E-state index contributed by atoms with van der Waals surface area (Å²) in [7, 11) is 0. The van der Waals surface area contributed by atoms with Crippen LogP contribution in [0.2, 0.25) is 0 Å². The van der Waals surface area contributed by atoms with Gasteiger partial charge in [0.25, 0.3) is 0 Å². The SMILES string of the molecule is CC1=C(C)CC(C#N)(C(=O)c2ccccc2)C(C)(C)C1. The van der Waals surface area contributed by atoms with Gasteiger partial charge in [-0.05, 0) is 32.1 Å². The Balaban J connectivity index is 2.55. The Labute approximate surface area is 121 Å². The van der Waals surface area contributed by atoms with Crippen molar-refractivity contribution in [1.29, 1.82) is 5.26 Å². The fourth-order valence-electron chi connectivity index (χ4n) is 3.22. The molecule has 2 heteroatoms. The van der Waals surface area contributed by atoms with Gasteiger partial charge in [-0.3, -0.25) is 4.79 Å². The third-order valence-corrected chi connectivity index (χ3v) is 4.74. The van der Waals surface area contributed by atoms with Crippen molar-refractivity contribution in [2.75, 3.05) is 0 Å². The summed E-state index contributed by atoms with van der Waals surface area (Å²) in [5.74, 6) is -0.0440. The molecule has 0 amide bonds. The van der Waals surface area contributed by atoms with Gasteiger partial charge in [-0.1, -0.05) is 55.3 Å². The summed E-state index contributed by atoms with van der Waals surface area (Å²) in [6, 6.07) is 11.6. The lowest BCUT2D eigenvalue weighted by Gasteiger charge is -2.45. The topological polar surface area (TPSA) is 40.9 Å². The van der Waals surface area contributed by atoms with Crippen molar-refractivity contribution >= 4 is 5.78 Å². The fraction of sp³-hybridized carbons (Fsp3) is 0.444. The summed E-state index contributed by atoms with van der Waals surface area (Å²) < 4.78 is 0. The van der Waals surface area contributed by atoms with E-state index in [-0.39, 0.29) is 11.2 Å². The first-order valence-electron chi connectivity index (χ1n) is 7.00. The lowest BCUT2D eigenvalue weighted by molar-refractivity contribution is 0.0606. The molecule has 20 heavy (non-hydrogen) atoms. The van der Waals surface area contributed by atoms with Crippen LogP contribution in [-0.4, -0.2) is 5.78 Å². The Kier molecular flexibility index (Phi) is 3.56. The molecular formula is C18H21NO. The number of hydrogen-bond acceptors (Lipinski definition) is 2. The predicted octanol–water partition coefficient (Wildman–Crippen LogP) is 4.54. The third kappa shape index (κ3) is 2.08. The van der Waals surface area contributed by atoms with Gasteiger partial charge < -0.3 is 0 Å². The molecule has 0 bridgehead atoms. The zero-order valence-corrected chi connectivity index (χ0v) is 12.7. The molecule has 0 saturated carbocycles. The molecule has 0 spiro atoms. The minimum absolute atomic E-state index is 0.0440. The predicted molar refractivity (Wildman–Crippen MR) is 80.2 cm³/mol. The highest BCUT2D eigenvalue weighted by Crippen LogP contribution is 2.53. The first-order valence-corrected chi connectivity index (χ1v) is 7.00. The van der Waals surface area contributed by atoms with Crippen molar-refractivity contribution < 1.29 is 4.79 Å². The molecule has 1 unspecified atom stereocenters. The van der Waals surface area contributed by atoms with Gasteiger partial charge in [0, 0.05) is 5.56 Å². The molecule has 0 aliphatic heterocycles. The normalized spacial score (nSPS) is 25.1. The number of Topliss-reactive ketones (excluding diaryl/α,β-unsaturated/α-hetero) is 1. The van der Waals surface area contributed by atoms with Crippen LogP contribution in [0.25, 0.3) is 0 Å². The number of carbonyl (C=O) groups excluding carboxylic acids is 1. The largest absolute Gasteiger partial charge is 0.292 e. The number of ketones is 1. The second-order valence-electron chi connectivity index (χ2n) is 6.51. The van der Waals surface area contributed by atoms with Gasteiger partial charge in [-0.25, -0.2) is 0 Å². The summed E-state index contributed by atoms with van der Waals surface area (Å²) in [5.41, 5.74) is 1.81.